The highest BCUT2D eigenvalue weighted by atomic mass is 31.1. The van der Waals surface area contributed by atoms with Gasteiger partial charge in [-0.2, -0.15) is 0 Å². The first kappa shape index (κ1) is 10.7. The highest BCUT2D eigenvalue weighted by Gasteiger charge is 2.14. The maximum atomic E-state index is 11.0. The number of carbonyl (C=O) groups excluding carboxylic acids is 1. The molecule has 0 aliphatic rings. The van der Waals surface area contributed by atoms with Crippen molar-refractivity contribution >= 4 is 13.6 Å². The second-order valence-electron chi connectivity index (χ2n) is 2.28. The molecule has 0 aromatic carbocycles. The van der Waals surface area contributed by atoms with Crippen molar-refractivity contribution in [3.8, 4) is 0 Å². The van der Waals surface area contributed by atoms with Crippen LogP contribution in [-0.4, -0.2) is 24.9 Å². The Bertz CT molecular complexity index is 145. The Morgan fingerprint density at radius 3 is 2.64 bits per heavy atom. The number of rotatable bonds is 6. The van der Waals surface area contributed by atoms with Crippen LogP contribution in [0.4, 0.5) is 0 Å². The van der Waals surface area contributed by atoms with E-state index in [1.165, 1.54) is 6.92 Å². The molecule has 11 heavy (non-hydrogen) atoms. The summed E-state index contributed by atoms with van der Waals surface area (Å²) < 4.78 is 15.9. The lowest BCUT2D eigenvalue weighted by atomic mass is 10.4. The second kappa shape index (κ2) is 6.44. The third-order valence-electron chi connectivity index (χ3n) is 1.15. The lowest BCUT2D eigenvalue weighted by molar-refractivity contribution is -0.116. The third-order valence-corrected chi connectivity index (χ3v) is 2.35. The van der Waals surface area contributed by atoms with E-state index >= 15 is 0 Å². The van der Waals surface area contributed by atoms with E-state index in [0.29, 0.717) is 25.5 Å². The van der Waals surface area contributed by atoms with Crippen LogP contribution in [0.25, 0.3) is 0 Å². The Morgan fingerprint density at radius 1 is 1.55 bits per heavy atom. The Kier molecular flexibility index (Phi) is 6.28. The number of carbonyl (C=O) groups is 1. The third kappa shape index (κ3) is 7.63. The molecule has 0 radical (unpaired) electrons. The number of hydrogen-bond acceptors (Lipinski definition) is 3. The first-order valence-electron chi connectivity index (χ1n) is 3.66. The largest absolute Gasteiger partial charge is 0.367 e. The van der Waals surface area contributed by atoms with Crippen molar-refractivity contribution in [2.24, 2.45) is 0 Å². The molecule has 0 saturated heterocycles. The van der Waals surface area contributed by atoms with Crippen molar-refractivity contribution in [3.05, 3.63) is 0 Å². The van der Waals surface area contributed by atoms with Gasteiger partial charge in [-0.25, -0.2) is 0 Å². The molecule has 0 bridgehead atoms. The number of hydrogen-bond donors (Lipinski definition) is 0. The maximum absolute atomic E-state index is 11.0. The average Bonchev–Trinajstić information content (AvgIpc) is 1.97. The zero-order valence-electron chi connectivity index (χ0n) is 7.00. The number of Topliss-reactive ketones (excluding diaryl/α,β-unsaturated/α-hetero) is 1. The number of ketones is 1. The molecule has 0 aromatic heterocycles. The van der Waals surface area contributed by atoms with Crippen LogP contribution in [0, 0.1) is 0 Å². The van der Waals surface area contributed by atoms with Crippen molar-refractivity contribution in [3.63, 3.8) is 0 Å². The molecule has 0 N–H and O–H groups in total. The van der Waals surface area contributed by atoms with Crippen LogP contribution >= 0.6 is 7.80 Å². The highest BCUT2D eigenvalue weighted by molar-refractivity contribution is 7.44. The van der Waals surface area contributed by atoms with Gasteiger partial charge in [0.1, 0.15) is 5.78 Å². The molecule has 4 heteroatoms. The molecule has 0 aromatic rings. The van der Waals surface area contributed by atoms with E-state index in [-0.39, 0.29) is 5.78 Å². The summed E-state index contributed by atoms with van der Waals surface area (Å²) in [6, 6.07) is 0. The lowest BCUT2D eigenvalue weighted by Crippen LogP contribution is -1.95. The molecule has 0 heterocycles. The molecule has 0 rings (SSSR count). The molecular weight excluding hydrogens is 163 g/mol. The van der Waals surface area contributed by atoms with Crippen LogP contribution in [0.15, 0.2) is 0 Å². The van der Waals surface area contributed by atoms with Crippen molar-refractivity contribution in [1.82, 2.24) is 0 Å². The van der Waals surface area contributed by atoms with Crippen molar-refractivity contribution in [1.29, 1.82) is 0 Å². The van der Waals surface area contributed by atoms with Crippen LogP contribution in [0.3, 0.4) is 0 Å². The Morgan fingerprint density at radius 2 is 2.18 bits per heavy atom. The summed E-state index contributed by atoms with van der Waals surface area (Å²) in [5.41, 5.74) is 0. The Hall–Kier alpha value is -0.270. The SMILES string of the molecule is CCOC[P+](=O)CCC(C)=O. The molecule has 0 aliphatic carbocycles. The van der Waals surface area contributed by atoms with E-state index in [1.54, 1.807) is 0 Å². The molecular formula is C7H14O3P+. The zero-order chi connectivity index (χ0) is 8.69. The molecule has 1 atom stereocenters. The topological polar surface area (TPSA) is 43.4 Å². The van der Waals surface area contributed by atoms with Gasteiger partial charge < -0.3 is 4.74 Å². The fourth-order valence-electron chi connectivity index (χ4n) is 0.540. The van der Waals surface area contributed by atoms with E-state index < -0.39 is 7.80 Å². The van der Waals surface area contributed by atoms with Crippen molar-refractivity contribution in [2.45, 2.75) is 20.3 Å². The van der Waals surface area contributed by atoms with E-state index in [2.05, 4.69) is 0 Å². The summed E-state index contributed by atoms with van der Waals surface area (Å²) in [7, 11) is -1.31. The maximum Gasteiger partial charge on any atom is 0.367 e. The normalized spacial score (nSPS) is 11.3. The van der Waals surface area contributed by atoms with Gasteiger partial charge in [0.25, 0.3) is 0 Å². The molecule has 0 saturated carbocycles. The van der Waals surface area contributed by atoms with Gasteiger partial charge in [0, 0.05) is 13.0 Å². The van der Waals surface area contributed by atoms with Crippen LogP contribution in [0.1, 0.15) is 20.3 Å². The summed E-state index contributed by atoms with van der Waals surface area (Å²) in [6.07, 6.45) is 1.16. The van der Waals surface area contributed by atoms with Crippen LogP contribution in [0.5, 0.6) is 0 Å². The summed E-state index contributed by atoms with van der Waals surface area (Å²) in [6.45, 7) is 3.94. The van der Waals surface area contributed by atoms with Gasteiger partial charge in [-0.1, -0.05) is 4.57 Å². The quantitative estimate of drug-likeness (QED) is 0.581. The molecule has 3 nitrogen and oxygen atoms in total. The first-order chi connectivity index (χ1) is 5.16. The minimum Gasteiger partial charge on any atom is -0.338 e. The van der Waals surface area contributed by atoms with Crippen molar-refractivity contribution in [2.75, 3.05) is 19.1 Å². The summed E-state index contributed by atoms with van der Waals surface area (Å²) >= 11 is 0. The van der Waals surface area contributed by atoms with Gasteiger partial charge in [-0.3, -0.25) is 4.79 Å². The average molecular weight is 177 g/mol. The van der Waals surface area contributed by atoms with Crippen LogP contribution in [0.2, 0.25) is 0 Å². The lowest BCUT2D eigenvalue weighted by Gasteiger charge is -1.88. The monoisotopic (exact) mass is 177 g/mol. The van der Waals surface area contributed by atoms with Gasteiger partial charge in [-0.15, -0.1) is 0 Å². The van der Waals surface area contributed by atoms with E-state index in [1.807, 2.05) is 6.92 Å². The predicted octanol–water partition coefficient (Wildman–Crippen LogP) is 1.79. The van der Waals surface area contributed by atoms with Gasteiger partial charge in [0.2, 0.25) is 6.35 Å². The van der Waals surface area contributed by atoms with E-state index in [4.69, 9.17) is 4.74 Å². The van der Waals surface area contributed by atoms with Crippen LogP contribution in [-0.2, 0) is 14.1 Å². The van der Waals surface area contributed by atoms with E-state index in [9.17, 15) is 9.36 Å². The van der Waals surface area contributed by atoms with Crippen molar-refractivity contribution < 1.29 is 14.1 Å². The fourth-order valence-corrected chi connectivity index (χ4v) is 1.62. The fraction of sp³-hybridized carbons (Fsp3) is 0.857. The highest BCUT2D eigenvalue weighted by Crippen LogP contribution is 2.20. The summed E-state index contributed by atoms with van der Waals surface area (Å²) in [5, 5.41) is 0. The zero-order valence-corrected chi connectivity index (χ0v) is 7.89. The standard InChI is InChI=1S/C7H14O3P/c1-3-10-6-11(9)5-4-7(2)8/h3-6H2,1-2H3/q+1. The summed E-state index contributed by atoms with van der Waals surface area (Å²) in [4.78, 5) is 10.5. The molecule has 0 spiro atoms. The molecule has 0 fully saturated rings. The first-order valence-corrected chi connectivity index (χ1v) is 5.29. The van der Waals surface area contributed by atoms with E-state index in [0.717, 1.165) is 0 Å². The molecule has 0 amide bonds. The van der Waals surface area contributed by atoms with Gasteiger partial charge in [-0.05, 0) is 13.8 Å². The molecule has 64 valence electrons. The smallest absolute Gasteiger partial charge is 0.338 e. The second-order valence-corrected chi connectivity index (χ2v) is 3.95. The minimum absolute atomic E-state index is 0.0878. The predicted molar refractivity (Wildman–Crippen MR) is 44.3 cm³/mol. The van der Waals surface area contributed by atoms with Crippen LogP contribution < -0.4 is 0 Å². The van der Waals surface area contributed by atoms with Gasteiger partial charge in [0.05, 0.1) is 0 Å². The Balaban J connectivity index is 3.30. The van der Waals surface area contributed by atoms with Gasteiger partial charge >= 0.3 is 7.80 Å². The molecule has 1 unspecified atom stereocenters. The molecule has 0 aliphatic heterocycles. The summed E-state index contributed by atoms with van der Waals surface area (Å²) in [5.74, 6) is 0.0878. The van der Waals surface area contributed by atoms with Gasteiger partial charge in [0.15, 0.2) is 6.16 Å². The number of ether oxygens (including phenoxy) is 1. The Labute approximate surface area is 67.9 Å². The minimum atomic E-state index is -1.31.